The summed E-state index contributed by atoms with van der Waals surface area (Å²) in [5, 5.41) is 16.7. The number of hydrogen-bond acceptors (Lipinski definition) is 5. The average molecular weight is 387 g/mol. The molecule has 2 bridgehead atoms. The van der Waals surface area contributed by atoms with Crippen molar-refractivity contribution in [2.24, 2.45) is 15.8 Å². The molecule has 1 saturated heterocycles. The van der Waals surface area contributed by atoms with Crippen LogP contribution in [-0.4, -0.2) is 58.0 Å². The van der Waals surface area contributed by atoms with Gasteiger partial charge in [-0.15, -0.1) is 0 Å². The SMILES string of the molecule is CCCN1C(=O)N2C[C@@H](C)NC2=C2NC(C34CCC(C(=O)O)(CC3)CC4)=NC21. The van der Waals surface area contributed by atoms with Gasteiger partial charge in [-0.25, -0.2) is 9.79 Å². The van der Waals surface area contributed by atoms with Gasteiger partial charge in [0.2, 0.25) is 0 Å². The molecule has 0 aromatic heterocycles. The van der Waals surface area contributed by atoms with Crippen molar-refractivity contribution in [3.05, 3.63) is 11.5 Å². The Morgan fingerprint density at radius 3 is 2.54 bits per heavy atom. The Labute approximate surface area is 165 Å². The molecule has 28 heavy (non-hydrogen) atoms. The van der Waals surface area contributed by atoms with E-state index < -0.39 is 11.4 Å². The topological polar surface area (TPSA) is 97.3 Å². The van der Waals surface area contributed by atoms with E-state index in [4.69, 9.17) is 4.99 Å². The second kappa shape index (κ2) is 5.87. The van der Waals surface area contributed by atoms with Crippen LogP contribution in [0.25, 0.3) is 0 Å². The number of carbonyl (C=O) groups excluding carboxylic acids is 1. The molecule has 6 rings (SSSR count). The number of amidine groups is 1. The maximum absolute atomic E-state index is 13.1. The quantitative estimate of drug-likeness (QED) is 0.686. The molecule has 3 heterocycles. The molecule has 0 radical (unpaired) electrons. The van der Waals surface area contributed by atoms with Gasteiger partial charge in [0.05, 0.1) is 5.41 Å². The molecular formula is C20H29N5O3. The van der Waals surface area contributed by atoms with E-state index in [2.05, 4.69) is 24.5 Å². The summed E-state index contributed by atoms with van der Waals surface area (Å²) in [4.78, 5) is 33.6. The summed E-state index contributed by atoms with van der Waals surface area (Å²) >= 11 is 0. The minimum absolute atomic E-state index is 0.0314. The van der Waals surface area contributed by atoms with E-state index in [9.17, 15) is 14.7 Å². The largest absolute Gasteiger partial charge is 0.481 e. The number of fused-ring (bicyclic) bond motifs is 5. The lowest BCUT2D eigenvalue weighted by Gasteiger charge is -2.51. The van der Waals surface area contributed by atoms with E-state index in [0.717, 1.165) is 62.3 Å². The predicted molar refractivity (Wildman–Crippen MR) is 103 cm³/mol. The van der Waals surface area contributed by atoms with Gasteiger partial charge in [0.15, 0.2) is 6.17 Å². The molecule has 1 unspecified atom stereocenters. The zero-order chi connectivity index (χ0) is 19.7. The number of urea groups is 1. The first-order chi connectivity index (χ1) is 13.4. The molecule has 0 spiro atoms. The Kier molecular flexibility index (Phi) is 3.74. The Morgan fingerprint density at radius 1 is 1.25 bits per heavy atom. The van der Waals surface area contributed by atoms with Crippen LogP contribution in [0.2, 0.25) is 0 Å². The van der Waals surface area contributed by atoms with Gasteiger partial charge in [0.25, 0.3) is 0 Å². The summed E-state index contributed by atoms with van der Waals surface area (Å²) < 4.78 is 0. The first kappa shape index (κ1) is 17.8. The van der Waals surface area contributed by atoms with Gasteiger partial charge in [-0.3, -0.25) is 14.6 Å². The third-order valence-electron chi connectivity index (χ3n) is 7.57. The molecule has 0 aromatic rings. The predicted octanol–water partition coefficient (Wildman–Crippen LogP) is 2.05. The fraction of sp³-hybridized carbons (Fsp3) is 0.750. The van der Waals surface area contributed by atoms with Crippen LogP contribution in [-0.2, 0) is 4.79 Å². The summed E-state index contributed by atoms with van der Waals surface area (Å²) in [6.07, 6.45) is 5.34. The van der Waals surface area contributed by atoms with E-state index in [1.165, 1.54) is 0 Å². The van der Waals surface area contributed by atoms with Crippen LogP contribution in [0.5, 0.6) is 0 Å². The summed E-state index contributed by atoms with van der Waals surface area (Å²) in [6, 6.07) is 0.252. The number of aliphatic imine (C=N–C) groups is 1. The lowest BCUT2D eigenvalue weighted by Crippen LogP contribution is -2.53. The standard InChI is InChI=1S/C20H29N5O3/c1-3-10-24-15-13(14-21-12(2)11-25(14)18(24)28)22-16(23-15)19-4-7-20(8-5-19,9-6-19)17(26)27/h12,15,21H,3-11H2,1-2H3,(H,22,23)(H,26,27)/t12-,15?,19?,20?/m1/s1. The maximum atomic E-state index is 13.1. The smallest absolute Gasteiger partial charge is 0.327 e. The third-order valence-corrected chi connectivity index (χ3v) is 7.57. The van der Waals surface area contributed by atoms with Gasteiger partial charge in [-0.05, 0) is 51.9 Å². The van der Waals surface area contributed by atoms with Gasteiger partial charge >= 0.3 is 12.0 Å². The van der Waals surface area contributed by atoms with Crippen LogP contribution in [0, 0.1) is 10.8 Å². The van der Waals surface area contributed by atoms with Crippen molar-refractivity contribution >= 4 is 17.8 Å². The lowest BCUT2D eigenvalue weighted by molar-refractivity contribution is -0.156. The van der Waals surface area contributed by atoms with Crippen molar-refractivity contribution in [2.45, 2.75) is 71.0 Å². The number of rotatable bonds is 4. The Bertz CT molecular complexity index is 779. The van der Waals surface area contributed by atoms with E-state index in [1.807, 2.05) is 9.80 Å². The van der Waals surface area contributed by atoms with Crippen LogP contribution in [0.3, 0.4) is 0 Å². The van der Waals surface area contributed by atoms with Crippen LogP contribution in [0.1, 0.15) is 58.8 Å². The highest BCUT2D eigenvalue weighted by Crippen LogP contribution is 2.58. The fourth-order valence-electron chi connectivity index (χ4n) is 5.79. The number of amides is 2. The fourth-order valence-corrected chi connectivity index (χ4v) is 5.79. The molecule has 8 heteroatoms. The minimum Gasteiger partial charge on any atom is -0.481 e. The van der Waals surface area contributed by atoms with E-state index >= 15 is 0 Å². The number of carboxylic acid groups (broad SMARTS) is 1. The van der Waals surface area contributed by atoms with Gasteiger partial charge in [-0.2, -0.15) is 0 Å². The highest BCUT2D eigenvalue weighted by molar-refractivity contribution is 5.94. The molecule has 3 N–H and O–H groups in total. The molecule has 8 nitrogen and oxygen atoms in total. The maximum Gasteiger partial charge on any atom is 0.327 e. The van der Waals surface area contributed by atoms with Crippen molar-refractivity contribution in [3.63, 3.8) is 0 Å². The van der Waals surface area contributed by atoms with Gasteiger partial charge in [0.1, 0.15) is 17.4 Å². The van der Waals surface area contributed by atoms with Crippen molar-refractivity contribution in [1.29, 1.82) is 0 Å². The Balaban J connectivity index is 1.48. The van der Waals surface area contributed by atoms with Crippen molar-refractivity contribution < 1.29 is 14.7 Å². The summed E-state index contributed by atoms with van der Waals surface area (Å²) in [5.74, 6) is 1.20. The second-order valence-electron chi connectivity index (χ2n) is 9.24. The van der Waals surface area contributed by atoms with E-state index in [0.29, 0.717) is 13.1 Å². The van der Waals surface area contributed by atoms with Crippen LogP contribution in [0.4, 0.5) is 4.79 Å². The van der Waals surface area contributed by atoms with Crippen molar-refractivity contribution in [1.82, 2.24) is 20.4 Å². The average Bonchev–Trinajstić information content (AvgIpc) is 3.31. The highest BCUT2D eigenvalue weighted by atomic mass is 16.4. The molecule has 3 aliphatic carbocycles. The molecule has 3 saturated carbocycles. The highest BCUT2D eigenvalue weighted by Gasteiger charge is 2.57. The number of aliphatic carboxylic acids is 1. The molecule has 0 aromatic carbocycles. The number of carboxylic acids is 1. The van der Waals surface area contributed by atoms with Gasteiger partial charge in [-0.1, -0.05) is 6.92 Å². The first-order valence-corrected chi connectivity index (χ1v) is 10.6. The monoisotopic (exact) mass is 387 g/mol. The number of hydrogen-bond donors (Lipinski definition) is 3. The van der Waals surface area contributed by atoms with Gasteiger partial charge in [0, 0.05) is 24.5 Å². The number of carbonyl (C=O) groups is 2. The molecule has 6 aliphatic rings. The zero-order valence-corrected chi connectivity index (χ0v) is 16.6. The van der Waals surface area contributed by atoms with E-state index in [1.54, 1.807) is 0 Å². The molecule has 2 amide bonds. The van der Waals surface area contributed by atoms with E-state index in [-0.39, 0.29) is 23.7 Å². The first-order valence-electron chi connectivity index (χ1n) is 10.6. The zero-order valence-electron chi connectivity index (χ0n) is 16.6. The van der Waals surface area contributed by atoms with Crippen LogP contribution in [0.15, 0.2) is 16.5 Å². The molecule has 4 fully saturated rings. The minimum atomic E-state index is -0.639. The summed E-state index contributed by atoms with van der Waals surface area (Å²) in [5.41, 5.74) is 0.388. The Morgan fingerprint density at radius 2 is 1.93 bits per heavy atom. The number of nitrogens with one attached hydrogen (secondary N) is 2. The summed E-state index contributed by atoms with van der Waals surface area (Å²) in [7, 11) is 0. The Hall–Kier alpha value is -2.25. The van der Waals surface area contributed by atoms with Crippen molar-refractivity contribution in [3.8, 4) is 0 Å². The lowest BCUT2D eigenvalue weighted by atomic mass is 9.53. The van der Waals surface area contributed by atoms with Gasteiger partial charge < -0.3 is 15.7 Å². The second-order valence-corrected chi connectivity index (χ2v) is 9.24. The summed E-state index contributed by atoms with van der Waals surface area (Å²) in [6.45, 7) is 5.52. The molecule has 3 aliphatic heterocycles. The third kappa shape index (κ3) is 2.26. The number of nitrogens with zero attached hydrogens (tertiary/aromatic N) is 3. The van der Waals surface area contributed by atoms with Crippen molar-refractivity contribution in [2.75, 3.05) is 13.1 Å². The molecular weight excluding hydrogens is 358 g/mol. The van der Waals surface area contributed by atoms with Crippen LogP contribution < -0.4 is 10.6 Å². The molecule has 2 atom stereocenters. The van der Waals surface area contributed by atoms with Crippen LogP contribution >= 0.6 is 0 Å². The molecule has 152 valence electrons. The normalized spacial score (nSPS) is 38.8.